The van der Waals surface area contributed by atoms with E-state index in [1.165, 1.54) is 4.90 Å². The van der Waals surface area contributed by atoms with Gasteiger partial charge in [-0.1, -0.05) is 11.6 Å². The molecule has 34 heavy (non-hydrogen) atoms. The van der Waals surface area contributed by atoms with Crippen molar-refractivity contribution in [3.8, 4) is 0 Å². The molecule has 11 heteroatoms. The number of carbonyl (C=O) groups is 2. The number of rotatable bonds is 4. The fourth-order valence-electron chi connectivity index (χ4n) is 5.19. The number of hydrogen-bond donors (Lipinski definition) is 1. The Morgan fingerprint density at radius 1 is 1.15 bits per heavy atom. The van der Waals surface area contributed by atoms with Gasteiger partial charge in [0.1, 0.15) is 11.7 Å². The summed E-state index contributed by atoms with van der Waals surface area (Å²) < 4.78 is 42.4. The Kier molecular flexibility index (Phi) is 6.00. The highest BCUT2D eigenvalue weighted by atomic mass is 35.5. The van der Waals surface area contributed by atoms with Crippen LogP contribution in [-0.2, 0) is 11.0 Å². The zero-order chi connectivity index (χ0) is 24.2. The van der Waals surface area contributed by atoms with E-state index >= 15 is 0 Å². The number of amides is 2. The molecule has 0 radical (unpaired) electrons. The number of alkyl halides is 3. The Balaban J connectivity index is 1.37. The summed E-state index contributed by atoms with van der Waals surface area (Å²) in [6.45, 7) is 0.554. The molecule has 2 aromatic heterocycles. The highest BCUT2D eigenvalue weighted by Gasteiger charge is 2.39. The normalized spacial score (nSPS) is 24.2. The smallest absolute Gasteiger partial charge is 0.336 e. The molecule has 0 aromatic carbocycles. The summed E-state index contributed by atoms with van der Waals surface area (Å²) in [4.78, 5) is 33.3. The third-order valence-electron chi connectivity index (χ3n) is 7.33. The van der Waals surface area contributed by atoms with Gasteiger partial charge in [0.15, 0.2) is 11.3 Å². The average molecular weight is 498 g/mol. The minimum absolute atomic E-state index is 0.0667. The zero-order valence-corrected chi connectivity index (χ0v) is 19.6. The van der Waals surface area contributed by atoms with Crippen LogP contribution in [0.3, 0.4) is 0 Å². The van der Waals surface area contributed by atoms with E-state index in [4.69, 9.17) is 11.6 Å². The first-order chi connectivity index (χ1) is 16.2. The molecule has 1 aliphatic heterocycles. The number of fused-ring (bicyclic) bond motifs is 1. The molecule has 2 saturated carbocycles. The number of hydrogen-bond acceptors (Lipinski definition) is 4. The van der Waals surface area contributed by atoms with E-state index in [1.54, 1.807) is 6.20 Å². The lowest BCUT2D eigenvalue weighted by atomic mass is 9.90. The summed E-state index contributed by atoms with van der Waals surface area (Å²) in [6, 6.07) is 1.73. The van der Waals surface area contributed by atoms with Gasteiger partial charge in [-0.25, -0.2) is 4.98 Å². The van der Waals surface area contributed by atoms with Crippen molar-refractivity contribution in [3.63, 3.8) is 0 Å². The van der Waals surface area contributed by atoms with E-state index in [-0.39, 0.29) is 35.3 Å². The van der Waals surface area contributed by atoms with Crippen LogP contribution in [-0.4, -0.2) is 69.8 Å². The lowest BCUT2D eigenvalue weighted by Crippen LogP contribution is -2.56. The molecular weight excluding hydrogens is 471 g/mol. The number of carbonyl (C=O) groups excluding carboxylic acids is 2. The van der Waals surface area contributed by atoms with Crippen molar-refractivity contribution in [2.75, 3.05) is 26.7 Å². The van der Waals surface area contributed by atoms with Crippen molar-refractivity contribution < 1.29 is 22.8 Å². The summed E-state index contributed by atoms with van der Waals surface area (Å²) >= 11 is 6.39. The van der Waals surface area contributed by atoms with Gasteiger partial charge < -0.3 is 15.1 Å². The number of imidazole rings is 1. The van der Waals surface area contributed by atoms with Gasteiger partial charge in [0.2, 0.25) is 5.91 Å². The van der Waals surface area contributed by atoms with Crippen LogP contribution >= 0.6 is 11.6 Å². The van der Waals surface area contributed by atoms with Gasteiger partial charge in [-0.2, -0.15) is 13.2 Å². The molecule has 2 amide bonds. The van der Waals surface area contributed by atoms with E-state index in [9.17, 15) is 22.8 Å². The molecule has 3 aliphatic rings. The summed E-state index contributed by atoms with van der Waals surface area (Å²) in [5.74, 6) is -0.710. The van der Waals surface area contributed by atoms with Crippen LogP contribution in [0, 0.1) is 0 Å². The van der Waals surface area contributed by atoms with Gasteiger partial charge in [0.05, 0.1) is 5.56 Å². The molecular formula is C23H27ClF3N5O2. The van der Waals surface area contributed by atoms with Crippen LogP contribution in [0.25, 0.3) is 5.65 Å². The monoisotopic (exact) mass is 497 g/mol. The lowest BCUT2D eigenvalue weighted by molar-refractivity contribution is -0.138. The van der Waals surface area contributed by atoms with Gasteiger partial charge in [0, 0.05) is 31.4 Å². The Labute approximate surface area is 200 Å². The van der Waals surface area contributed by atoms with E-state index in [1.807, 2.05) is 11.9 Å². The third kappa shape index (κ3) is 4.26. The molecule has 0 atom stereocenters. The molecule has 1 saturated heterocycles. The van der Waals surface area contributed by atoms with Gasteiger partial charge in [-0.15, -0.1) is 0 Å². The zero-order valence-electron chi connectivity index (χ0n) is 18.9. The first-order valence-corrected chi connectivity index (χ1v) is 12.1. The largest absolute Gasteiger partial charge is 0.419 e. The Morgan fingerprint density at radius 2 is 1.85 bits per heavy atom. The second-order valence-corrected chi connectivity index (χ2v) is 9.87. The third-order valence-corrected chi connectivity index (χ3v) is 7.69. The topological polar surface area (TPSA) is 69.9 Å². The minimum Gasteiger partial charge on any atom is -0.336 e. The van der Waals surface area contributed by atoms with Crippen molar-refractivity contribution in [3.05, 3.63) is 34.2 Å². The van der Waals surface area contributed by atoms with Crippen LogP contribution in [0.15, 0.2) is 12.3 Å². The molecule has 0 bridgehead atoms. The predicted molar refractivity (Wildman–Crippen MR) is 120 cm³/mol. The molecule has 184 valence electrons. The van der Waals surface area contributed by atoms with Crippen LogP contribution in [0.1, 0.15) is 66.1 Å². The maximum absolute atomic E-state index is 13.8. The summed E-state index contributed by atoms with van der Waals surface area (Å²) in [5, 5.41) is 3.11. The number of nitrogens with one attached hydrogen (secondary N) is 1. The number of pyridine rings is 1. The van der Waals surface area contributed by atoms with Gasteiger partial charge in [0.25, 0.3) is 5.91 Å². The quantitative estimate of drug-likeness (QED) is 0.699. The highest BCUT2D eigenvalue weighted by Crippen LogP contribution is 2.43. The van der Waals surface area contributed by atoms with E-state index in [0.29, 0.717) is 24.7 Å². The van der Waals surface area contributed by atoms with Crippen LogP contribution in [0.5, 0.6) is 0 Å². The second kappa shape index (κ2) is 8.71. The standard InChI is InChI=1S/C23H27ClF3N5O2/c1-28-15-4-6-16(7-5-15)31-9-8-30(12-18(31)33)22(34)19-20(24)32-11-14(13-2-3-13)10-17(21(32)29-19)23(25,26)27/h10-11,13,15-16,28H,2-9,12H2,1H3. The maximum atomic E-state index is 13.8. The van der Waals surface area contributed by atoms with Crippen LogP contribution in [0.4, 0.5) is 13.2 Å². The Bertz CT molecular complexity index is 1120. The summed E-state index contributed by atoms with van der Waals surface area (Å²) in [6.07, 6.45) is 2.37. The molecule has 0 spiro atoms. The molecule has 7 nitrogen and oxygen atoms in total. The molecule has 3 fully saturated rings. The summed E-state index contributed by atoms with van der Waals surface area (Å²) in [5.41, 5.74) is -1.02. The van der Waals surface area contributed by atoms with Crippen molar-refractivity contribution >= 4 is 29.1 Å². The van der Waals surface area contributed by atoms with Gasteiger partial charge in [-0.3, -0.25) is 14.0 Å². The number of aromatic nitrogens is 2. The highest BCUT2D eigenvalue weighted by molar-refractivity contribution is 6.33. The minimum atomic E-state index is -4.63. The van der Waals surface area contributed by atoms with E-state index in [0.717, 1.165) is 49.0 Å². The first-order valence-electron chi connectivity index (χ1n) is 11.7. The first kappa shape index (κ1) is 23.4. The Morgan fingerprint density at radius 3 is 2.44 bits per heavy atom. The number of halogens is 4. The molecule has 3 heterocycles. The predicted octanol–water partition coefficient (Wildman–Crippen LogP) is 3.70. The summed E-state index contributed by atoms with van der Waals surface area (Å²) in [7, 11) is 1.94. The molecule has 5 rings (SSSR count). The maximum Gasteiger partial charge on any atom is 0.419 e. The lowest BCUT2D eigenvalue weighted by Gasteiger charge is -2.41. The second-order valence-electron chi connectivity index (χ2n) is 9.51. The SMILES string of the molecule is CNC1CCC(N2CCN(C(=O)c3nc4c(C(F)(F)F)cc(C5CC5)cn4c3Cl)CC2=O)CC1. The van der Waals surface area contributed by atoms with Crippen LogP contribution in [0.2, 0.25) is 5.15 Å². The van der Waals surface area contributed by atoms with Crippen molar-refractivity contribution in [2.45, 2.75) is 62.7 Å². The van der Waals surface area contributed by atoms with Gasteiger partial charge in [-0.05, 0) is 63.1 Å². The number of piperazine rings is 1. The van der Waals surface area contributed by atoms with E-state index < -0.39 is 23.3 Å². The number of nitrogens with zero attached hydrogens (tertiary/aromatic N) is 4. The molecule has 2 aromatic rings. The van der Waals surface area contributed by atoms with Crippen LogP contribution < -0.4 is 5.32 Å². The molecule has 1 N–H and O–H groups in total. The van der Waals surface area contributed by atoms with Crippen molar-refractivity contribution in [1.82, 2.24) is 24.5 Å². The molecule has 0 unspecified atom stereocenters. The van der Waals surface area contributed by atoms with Crippen molar-refractivity contribution in [2.24, 2.45) is 0 Å². The van der Waals surface area contributed by atoms with E-state index in [2.05, 4.69) is 10.3 Å². The fourth-order valence-corrected chi connectivity index (χ4v) is 5.45. The average Bonchev–Trinajstić information content (AvgIpc) is 3.61. The Hall–Kier alpha value is -2.33. The fraction of sp³-hybridized carbons (Fsp3) is 0.609. The molecule has 2 aliphatic carbocycles. The van der Waals surface area contributed by atoms with Gasteiger partial charge >= 0.3 is 6.18 Å². The van der Waals surface area contributed by atoms with Crippen molar-refractivity contribution in [1.29, 1.82) is 0 Å².